The van der Waals surface area contributed by atoms with E-state index in [4.69, 9.17) is 14.6 Å². The van der Waals surface area contributed by atoms with Gasteiger partial charge in [0.2, 0.25) is 0 Å². The average molecular weight is 570 g/mol. The van der Waals surface area contributed by atoms with Crippen molar-refractivity contribution in [3.8, 4) is 11.5 Å². The average Bonchev–Trinajstić information content (AvgIpc) is 3.20. The minimum Gasteiger partial charge on any atom is -0.495 e. The number of amides is 2. The van der Waals surface area contributed by atoms with E-state index < -0.39 is 54.3 Å². The summed E-state index contributed by atoms with van der Waals surface area (Å²) in [6.07, 6.45) is -8.23. The Bertz CT molecular complexity index is 1320. The third-order valence-corrected chi connectivity index (χ3v) is 6.20. The number of rotatable bonds is 9. The minimum absolute atomic E-state index is 0.0167. The number of hydrogen-bond acceptors (Lipinski definition) is 9. The Balaban J connectivity index is 1.56. The van der Waals surface area contributed by atoms with Crippen LogP contribution in [0.2, 0.25) is 0 Å². The van der Waals surface area contributed by atoms with Crippen molar-refractivity contribution in [1.82, 2.24) is 20.9 Å². The highest BCUT2D eigenvalue weighted by molar-refractivity contribution is 6.00. The molecule has 40 heavy (non-hydrogen) atoms. The maximum absolute atomic E-state index is 14.8. The number of nitrogens with one attached hydrogen (secondary N) is 4. The fourth-order valence-electron chi connectivity index (χ4n) is 4.18. The fraction of sp³-hybridized carbons (Fsp3) is 0.360. The van der Waals surface area contributed by atoms with Gasteiger partial charge in [0.15, 0.2) is 12.5 Å². The normalized spacial score (nSPS) is 19.4. The minimum atomic E-state index is -4.79. The van der Waals surface area contributed by atoms with E-state index in [1.807, 2.05) is 0 Å². The molecule has 0 saturated heterocycles. The second-order valence-corrected chi connectivity index (χ2v) is 9.04. The van der Waals surface area contributed by atoms with E-state index >= 15 is 0 Å². The van der Waals surface area contributed by atoms with Gasteiger partial charge in [0.25, 0.3) is 11.8 Å². The van der Waals surface area contributed by atoms with Crippen molar-refractivity contribution in [2.24, 2.45) is 0 Å². The number of aliphatic hydroxyl groups is 2. The quantitative estimate of drug-likeness (QED) is 0.246. The molecular weight excluding hydrogens is 542 g/mol. The summed E-state index contributed by atoms with van der Waals surface area (Å²) in [5.41, 5.74) is -0.763. The molecule has 3 unspecified atom stereocenters. The Hall–Kier alpha value is -4.08. The van der Waals surface area contributed by atoms with Crippen LogP contribution in [0, 0.1) is 5.82 Å². The maximum atomic E-state index is 14.8. The number of aliphatic hydroxyl groups excluding tert-OH is 2. The smallest absolute Gasteiger partial charge is 0.418 e. The highest BCUT2D eigenvalue weighted by Gasteiger charge is 2.44. The summed E-state index contributed by atoms with van der Waals surface area (Å²) in [5, 5.41) is 28.4. The van der Waals surface area contributed by atoms with E-state index in [0.717, 1.165) is 12.1 Å². The molecule has 0 aromatic heterocycles. The van der Waals surface area contributed by atoms with Crippen molar-refractivity contribution in [1.29, 1.82) is 0 Å². The number of fused-ring (bicyclic) bond motifs is 1. The first-order chi connectivity index (χ1) is 18.9. The largest absolute Gasteiger partial charge is 0.495 e. The summed E-state index contributed by atoms with van der Waals surface area (Å²) >= 11 is 0. The monoisotopic (exact) mass is 569 g/mol. The molecule has 3 atom stereocenters. The van der Waals surface area contributed by atoms with Crippen LogP contribution in [0.15, 0.2) is 42.1 Å². The van der Waals surface area contributed by atoms with Gasteiger partial charge < -0.3 is 40.5 Å². The number of hydrogen-bond donors (Lipinski definition) is 6. The standard InChI is InChI=1S/C25H27F4N5O6/c1-34-10-12-4-3-5-18(20(12)23(34)38)40-22-15(25(27,28)29)9-31-24(33-22)32-17-7-16(26)14(6-19(17)39-2)21(37)30-8-13(36)11-35/h3-7,9,13,22,24,31-33,35-36H,8,10-11H2,1-2H3,(H,30,37). The Morgan fingerprint density at radius 3 is 2.70 bits per heavy atom. The van der Waals surface area contributed by atoms with E-state index in [1.54, 1.807) is 19.2 Å². The molecule has 11 nitrogen and oxygen atoms in total. The molecular formula is C25H27F4N5O6. The van der Waals surface area contributed by atoms with Gasteiger partial charge in [-0.3, -0.25) is 9.59 Å². The van der Waals surface area contributed by atoms with Crippen LogP contribution in [-0.2, 0) is 6.54 Å². The van der Waals surface area contributed by atoms with Crippen LogP contribution < -0.4 is 30.7 Å². The number of ether oxygens (including phenoxy) is 2. The molecule has 2 aliphatic rings. The van der Waals surface area contributed by atoms with Gasteiger partial charge in [0, 0.05) is 32.4 Å². The summed E-state index contributed by atoms with van der Waals surface area (Å²) in [6.45, 7) is -0.640. The van der Waals surface area contributed by atoms with E-state index in [-0.39, 0.29) is 35.2 Å². The van der Waals surface area contributed by atoms with Crippen molar-refractivity contribution in [3.63, 3.8) is 0 Å². The van der Waals surface area contributed by atoms with Crippen molar-refractivity contribution in [2.75, 3.05) is 32.6 Å². The van der Waals surface area contributed by atoms with Gasteiger partial charge >= 0.3 is 6.18 Å². The molecule has 0 fully saturated rings. The number of carbonyl (C=O) groups excluding carboxylic acids is 2. The maximum Gasteiger partial charge on any atom is 0.418 e. The van der Waals surface area contributed by atoms with Gasteiger partial charge in [-0.1, -0.05) is 12.1 Å². The van der Waals surface area contributed by atoms with Gasteiger partial charge in [-0.2, -0.15) is 13.2 Å². The summed E-state index contributed by atoms with van der Waals surface area (Å²) in [6, 6.07) is 6.64. The first-order valence-electron chi connectivity index (χ1n) is 12.0. The zero-order valence-corrected chi connectivity index (χ0v) is 21.3. The molecule has 0 bridgehead atoms. The summed E-state index contributed by atoms with van der Waals surface area (Å²) in [5.74, 6) is -2.31. The lowest BCUT2D eigenvalue weighted by Crippen LogP contribution is -2.58. The Kier molecular flexibility index (Phi) is 8.37. The number of methoxy groups -OCH3 is 1. The van der Waals surface area contributed by atoms with Crippen molar-refractivity contribution in [2.45, 2.75) is 31.3 Å². The van der Waals surface area contributed by atoms with Crippen molar-refractivity contribution >= 4 is 17.5 Å². The number of halogens is 4. The number of nitrogens with zero attached hydrogens (tertiary/aromatic N) is 1. The predicted octanol–water partition coefficient (Wildman–Crippen LogP) is 1.24. The van der Waals surface area contributed by atoms with E-state index in [1.165, 1.54) is 18.1 Å². The van der Waals surface area contributed by atoms with Crippen molar-refractivity contribution < 1.29 is 46.8 Å². The predicted molar refractivity (Wildman–Crippen MR) is 133 cm³/mol. The lowest BCUT2D eigenvalue weighted by atomic mass is 10.1. The van der Waals surface area contributed by atoms with E-state index in [2.05, 4.69) is 21.3 Å². The number of anilines is 1. The molecule has 0 radical (unpaired) electrons. The van der Waals surface area contributed by atoms with Gasteiger partial charge in [-0.15, -0.1) is 0 Å². The summed E-state index contributed by atoms with van der Waals surface area (Å²) in [4.78, 5) is 26.3. The van der Waals surface area contributed by atoms with Crippen LogP contribution in [0.5, 0.6) is 11.5 Å². The third-order valence-electron chi connectivity index (χ3n) is 6.20. The SMILES string of the molecule is COc1cc(C(=O)NCC(O)CO)c(F)cc1NC1NC=C(C(F)(F)F)C(Oc2cccc3c2C(=O)N(C)C3)N1. The zero-order chi connectivity index (χ0) is 29.2. The topological polar surface area (TPSA) is 144 Å². The van der Waals surface area contributed by atoms with Gasteiger partial charge in [-0.05, 0) is 17.7 Å². The van der Waals surface area contributed by atoms with E-state index in [9.17, 15) is 32.3 Å². The molecule has 2 aliphatic heterocycles. The fourth-order valence-corrected chi connectivity index (χ4v) is 4.18. The molecule has 2 aromatic carbocycles. The van der Waals surface area contributed by atoms with Gasteiger partial charge in [0.1, 0.15) is 22.9 Å². The van der Waals surface area contributed by atoms with Gasteiger partial charge in [-0.25, -0.2) is 9.71 Å². The van der Waals surface area contributed by atoms with Crippen LogP contribution in [0.25, 0.3) is 0 Å². The third kappa shape index (κ3) is 6.05. The first kappa shape index (κ1) is 28.9. The summed E-state index contributed by atoms with van der Waals surface area (Å²) < 4.78 is 67.2. The molecule has 0 aliphatic carbocycles. The molecule has 2 heterocycles. The summed E-state index contributed by atoms with van der Waals surface area (Å²) in [7, 11) is 2.81. The van der Waals surface area contributed by atoms with Crippen LogP contribution in [0.1, 0.15) is 26.3 Å². The Labute approximate surface area is 225 Å². The van der Waals surface area contributed by atoms with Crippen LogP contribution in [0.4, 0.5) is 23.2 Å². The first-order valence-corrected chi connectivity index (χ1v) is 12.0. The van der Waals surface area contributed by atoms with Crippen LogP contribution in [0.3, 0.4) is 0 Å². The second-order valence-electron chi connectivity index (χ2n) is 9.04. The molecule has 2 aromatic rings. The lowest BCUT2D eigenvalue weighted by Gasteiger charge is -2.34. The van der Waals surface area contributed by atoms with Crippen LogP contribution >= 0.6 is 0 Å². The zero-order valence-electron chi connectivity index (χ0n) is 21.3. The Morgan fingerprint density at radius 1 is 1.27 bits per heavy atom. The molecule has 6 N–H and O–H groups in total. The second kappa shape index (κ2) is 11.6. The molecule has 0 spiro atoms. The van der Waals surface area contributed by atoms with Gasteiger partial charge in [0.05, 0.1) is 36.6 Å². The van der Waals surface area contributed by atoms with E-state index in [0.29, 0.717) is 18.3 Å². The number of benzene rings is 2. The lowest BCUT2D eigenvalue weighted by molar-refractivity contribution is -0.108. The highest BCUT2D eigenvalue weighted by atomic mass is 19.4. The molecule has 216 valence electrons. The number of carbonyl (C=O) groups is 2. The molecule has 4 rings (SSSR count). The molecule has 15 heteroatoms. The Morgan fingerprint density at radius 2 is 2.02 bits per heavy atom. The molecule has 0 saturated carbocycles. The van der Waals surface area contributed by atoms with Crippen molar-refractivity contribution in [3.05, 3.63) is 64.6 Å². The molecule has 2 amide bonds. The highest BCUT2D eigenvalue weighted by Crippen LogP contribution is 2.35. The number of alkyl halides is 3. The van der Waals surface area contributed by atoms with Crippen LogP contribution in [-0.4, -0.2) is 79.0 Å².